The highest BCUT2D eigenvalue weighted by molar-refractivity contribution is 5.89. The summed E-state index contributed by atoms with van der Waals surface area (Å²) in [7, 11) is 0. The van der Waals surface area contributed by atoms with Crippen molar-refractivity contribution in [2.24, 2.45) is 0 Å². The van der Waals surface area contributed by atoms with E-state index in [-0.39, 0.29) is 24.3 Å². The second-order valence-corrected chi connectivity index (χ2v) is 3.32. The maximum absolute atomic E-state index is 11.4. The molecule has 0 unspecified atom stereocenters. The number of rotatable bonds is 3. The van der Waals surface area contributed by atoms with Gasteiger partial charge in [-0.05, 0) is 23.7 Å². The van der Waals surface area contributed by atoms with Gasteiger partial charge in [0.2, 0.25) is 11.0 Å². The Hall–Kier alpha value is -2.08. The molecule has 0 spiro atoms. The Morgan fingerprint density at radius 1 is 1.44 bits per heavy atom. The molecule has 0 atom stereocenters. The summed E-state index contributed by atoms with van der Waals surface area (Å²) in [5.74, 6) is -0.122. The number of anilines is 1. The summed E-state index contributed by atoms with van der Waals surface area (Å²) in [5, 5.41) is 3.70. The van der Waals surface area contributed by atoms with Crippen LogP contribution in [0.15, 0.2) is 35.0 Å². The molecule has 96 valence electrons. The molecule has 2 aromatic rings. The Bertz CT molecular complexity index is 525. The summed E-state index contributed by atoms with van der Waals surface area (Å²) in [4.78, 5) is 11.4. The third kappa shape index (κ3) is 2.98. The standard InChI is InChI=1S/C11H12N3O3.ClH/c1-2-16-11(15)8-3-5-9(6-4-8)14-7-10(12)17-13-14;/h3-7H,2,12H2,1H3;1H/q+1;/p-1. The number of ether oxygens (including phenoxy) is 1. The fourth-order valence-electron chi connectivity index (χ4n) is 1.35. The number of nitrogen functional groups attached to an aromatic ring is 1. The molecule has 7 heteroatoms. The average Bonchev–Trinajstić information content (AvgIpc) is 2.76. The van der Waals surface area contributed by atoms with Crippen LogP contribution < -0.4 is 22.8 Å². The van der Waals surface area contributed by atoms with Crippen LogP contribution in [-0.4, -0.2) is 17.8 Å². The molecule has 1 aromatic carbocycles. The van der Waals surface area contributed by atoms with Gasteiger partial charge in [0.1, 0.15) is 0 Å². The third-order valence-electron chi connectivity index (χ3n) is 2.13. The number of halogens is 1. The monoisotopic (exact) mass is 269 g/mol. The van der Waals surface area contributed by atoms with Crippen molar-refractivity contribution >= 4 is 11.9 Å². The molecule has 2 rings (SSSR count). The molecule has 0 radical (unpaired) electrons. The Balaban J connectivity index is 0.00000162. The van der Waals surface area contributed by atoms with Gasteiger partial charge in [-0.15, -0.1) is 0 Å². The molecule has 0 saturated carbocycles. The van der Waals surface area contributed by atoms with Crippen molar-refractivity contribution in [2.45, 2.75) is 6.92 Å². The van der Waals surface area contributed by atoms with E-state index in [9.17, 15) is 4.79 Å². The summed E-state index contributed by atoms with van der Waals surface area (Å²) in [6.07, 6.45) is 1.54. The van der Waals surface area contributed by atoms with E-state index in [0.29, 0.717) is 12.2 Å². The van der Waals surface area contributed by atoms with Gasteiger partial charge in [0.15, 0.2) is 0 Å². The molecule has 0 saturated heterocycles. The first-order valence-corrected chi connectivity index (χ1v) is 5.12. The summed E-state index contributed by atoms with van der Waals surface area (Å²) in [6.45, 7) is 2.12. The van der Waals surface area contributed by atoms with Crippen LogP contribution in [0.2, 0.25) is 0 Å². The Morgan fingerprint density at radius 3 is 2.61 bits per heavy atom. The van der Waals surface area contributed by atoms with Gasteiger partial charge in [0.05, 0.1) is 12.2 Å². The van der Waals surface area contributed by atoms with Crippen LogP contribution in [0.25, 0.3) is 5.69 Å². The Labute approximate surface area is 110 Å². The number of hydrogen-bond acceptors (Lipinski definition) is 5. The van der Waals surface area contributed by atoms with Crippen LogP contribution in [0.4, 0.5) is 5.88 Å². The zero-order chi connectivity index (χ0) is 12.3. The van der Waals surface area contributed by atoms with Gasteiger partial charge in [0, 0.05) is 12.1 Å². The third-order valence-corrected chi connectivity index (χ3v) is 2.13. The van der Waals surface area contributed by atoms with E-state index in [0.717, 1.165) is 5.69 Å². The first kappa shape index (κ1) is 14.0. The molecule has 0 fully saturated rings. The van der Waals surface area contributed by atoms with E-state index < -0.39 is 0 Å². The maximum atomic E-state index is 11.4. The van der Waals surface area contributed by atoms with Gasteiger partial charge in [0.25, 0.3) is 12.1 Å². The number of hydrogen-bond donors (Lipinski definition) is 1. The van der Waals surface area contributed by atoms with Gasteiger partial charge in [-0.3, -0.25) is 4.52 Å². The van der Waals surface area contributed by atoms with Crippen LogP contribution in [-0.2, 0) is 4.74 Å². The van der Waals surface area contributed by atoms with Gasteiger partial charge in [-0.1, -0.05) is 0 Å². The lowest BCUT2D eigenvalue weighted by Crippen LogP contribution is -3.00. The van der Waals surface area contributed by atoms with Crippen molar-refractivity contribution < 1.29 is 31.1 Å². The normalized spacial score (nSPS) is 9.61. The fraction of sp³-hybridized carbons (Fsp3) is 0.182. The van der Waals surface area contributed by atoms with Crippen molar-refractivity contribution in [1.82, 2.24) is 5.27 Å². The second kappa shape index (κ2) is 6.02. The minimum absolute atomic E-state index is 0. The van der Waals surface area contributed by atoms with E-state index >= 15 is 0 Å². The molecule has 0 aliphatic rings. The average molecular weight is 270 g/mol. The highest BCUT2D eigenvalue weighted by Crippen LogP contribution is 2.06. The van der Waals surface area contributed by atoms with Crippen molar-refractivity contribution in [3.63, 3.8) is 0 Å². The lowest BCUT2D eigenvalue weighted by Gasteiger charge is -1.99. The fourth-order valence-corrected chi connectivity index (χ4v) is 1.35. The van der Waals surface area contributed by atoms with Crippen molar-refractivity contribution in [1.29, 1.82) is 0 Å². The van der Waals surface area contributed by atoms with Crippen LogP contribution in [0.1, 0.15) is 17.3 Å². The SMILES string of the molecule is CCOC(=O)c1ccc(-[n+]2cc(N)on2)cc1.[Cl-]. The minimum Gasteiger partial charge on any atom is -1.00 e. The lowest BCUT2D eigenvalue weighted by atomic mass is 10.2. The van der Waals surface area contributed by atoms with Crippen LogP contribution in [0.3, 0.4) is 0 Å². The first-order valence-electron chi connectivity index (χ1n) is 5.12. The number of carbonyl (C=O) groups is 1. The van der Waals surface area contributed by atoms with Crippen molar-refractivity contribution in [3.8, 4) is 5.69 Å². The summed E-state index contributed by atoms with van der Waals surface area (Å²) in [5.41, 5.74) is 6.65. The topological polar surface area (TPSA) is 82.2 Å². The molecule has 0 bridgehead atoms. The number of nitrogens with zero attached hydrogens (tertiary/aromatic N) is 2. The zero-order valence-corrected chi connectivity index (χ0v) is 10.4. The summed E-state index contributed by atoms with van der Waals surface area (Å²) >= 11 is 0. The van der Waals surface area contributed by atoms with Crippen LogP contribution in [0, 0.1) is 0 Å². The van der Waals surface area contributed by atoms with E-state index in [4.69, 9.17) is 15.0 Å². The highest BCUT2D eigenvalue weighted by atomic mass is 35.5. The molecule has 1 heterocycles. The molecule has 1 aromatic heterocycles. The van der Waals surface area contributed by atoms with Crippen LogP contribution in [0.5, 0.6) is 0 Å². The van der Waals surface area contributed by atoms with Crippen molar-refractivity contribution in [3.05, 3.63) is 36.0 Å². The summed E-state index contributed by atoms with van der Waals surface area (Å²) < 4.78 is 11.1. The largest absolute Gasteiger partial charge is 1.00 e. The van der Waals surface area contributed by atoms with Crippen LogP contribution >= 0.6 is 0 Å². The van der Waals surface area contributed by atoms with Crippen molar-refractivity contribution in [2.75, 3.05) is 12.3 Å². The number of benzene rings is 1. The number of aromatic nitrogens is 2. The number of esters is 1. The zero-order valence-electron chi connectivity index (χ0n) is 9.67. The molecule has 0 aliphatic heterocycles. The van der Waals surface area contributed by atoms with Gasteiger partial charge in [-0.25, -0.2) is 4.79 Å². The van der Waals surface area contributed by atoms with Gasteiger partial charge in [-0.2, -0.15) is 0 Å². The number of nitrogens with two attached hydrogens (primary N) is 1. The summed E-state index contributed by atoms with van der Waals surface area (Å²) in [6, 6.07) is 6.78. The predicted octanol–water partition coefficient (Wildman–Crippen LogP) is -2.29. The maximum Gasteiger partial charge on any atom is 0.338 e. The first-order chi connectivity index (χ1) is 8.20. The predicted molar refractivity (Wildman–Crippen MR) is 58.4 cm³/mol. The smallest absolute Gasteiger partial charge is 0.338 e. The quantitative estimate of drug-likeness (QED) is 0.501. The van der Waals surface area contributed by atoms with Gasteiger partial charge >= 0.3 is 5.97 Å². The molecule has 18 heavy (non-hydrogen) atoms. The van der Waals surface area contributed by atoms with E-state index in [1.807, 2.05) is 0 Å². The minimum atomic E-state index is -0.344. The van der Waals surface area contributed by atoms with E-state index in [1.165, 1.54) is 4.68 Å². The van der Waals surface area contributed by atoms with E-state index in [1.54, 1.807) is 37.4 Å². The Kier molecular flexibility index (Phi) is 4.67. The molecular weight excluding hydrogens is 258 g/mol. The molecular formula is C11H12ClN3O3. The lowest BCUT2D eigenvalue weighted by molar-refractivity contribution is -0.670. The molecule has 6 nitrogen and oxygen atoms in total. The second-order valence-electron chi connectivity index (χ2n) is 3.32. The number of carbonyl (C=O) groups excluding carboxylic acids is 1. The Morgan fingerprint density at radius 2 is 2.11 bits per heavy atom. The molecule has 0 aliphatic carbocycles. The highest BCUT2D eigenvalue weighted by Gasteiger charge is 2.14. The molecule has 2 N–H and O–H groups in total. The van der Waals surface area contributed by atoms with E-state index in [2.05, 4.69) is 5.27 Å². The van der Waals surface area contributed by atoms with Gasteiger partial charge < -0.3 is 22.9 Å². The molecule has 0 amide bonds.